The molecule has 1 nitrogen and oxygen atoms in total. The molecule has 1 fully saturated rings. The molecule has 0 radical (unpaired) electrons. The van der Waals surface area contributed by atoms with Crippen molar-refractivity contribution < 1.29 is 13.6 Å². The van der Waals surface area contributed by atoms with Crippen molar-refractivity contribution in [2.75, 3.05) is 0 Å². The van der Waals surface area contributed by atoms with Gasteiger partial charge in [-0.1, -0.05) is 19.9 Å². The third-order valence-electron chi connectivity index (χ3n) is 2.64. The lowest BCUT2D eigenvalue weighted by atomic mass is 9.96. The Balaban J connectivity index is 0.000000606. The lowest BCUT2D eigenvalue weighted by Gasteiger charge is -2.08. The number of hydrogen-bond donors (Lipinski definition) is 0. The number of carbonyl (C=O) groups excluding carboxylic acids is 1. The molecule has 0 aromatic heterocycles. The molecular weight excluding hydrogens is 210 g/mol. The van der Waals surface area contributed by atoms with Crippen LogP contribution in [0.5, 0.6) is 0 Å². The molecule has 0 N–H and O–H groups in total. The third kappa shape index (κ3) is 2.65. The summed E-state index contributed by atoms with van der Waals surface area (Å²) in [6, 6.07) is 3.41. The quantitative estimate of drug-likeness (QED) is 0.711. The largest absolute Gasteiger partial charge is 0.299 e. The molecule has 1 unspecified atom stereocenters. The van der Waals surface area contributed by atoms with Crippen LogP contribution in [-0.2, 0) is 4.79 Å². The van der Waals surface area contributed by atoms with Crippen molar-refractivity contribution in [3.8, 4) is 0 Å². The van der Waals surface area contributed by atoms with Gasteiger partial charge in [0, 0.05) is 18.4 Å². The molecule has 0 saturated heterocycles. The lowest BCUT2D eigenvalue weighted by Crippen LogP contribution is -2.06. The molecule has 3 heteroatoms. The van der Waals surface area contributed by atoms with Crippen molar-refractivity contribution in [2.24, 2.45) is 0 Å². The van der Waals surface area contributed by atoms with Gasteiger partial charge in [-0.3, -0.25) is 4.79 Å². The second kappa shape index (κ2) is 5.73. The van der Waals surface area contributed by atoms with E-state index in [-0.39, 0.29) is 11.7 Å². The van der Waals surface area contributed by atoms with Crippen LogP contribution < -0.4 is 0 Å². The topological polar surface area (TPSA) is 17.1 Å². The van der Waals surface area contributed by atoms with Crippen LogP contribution in [0.4, 0.5) is 8.78 Å². The van der Waals surface area contributed by atoms with E-state index in [2.05, 4.69) is 0 Å². The van der Waals surface area contributed by atoms with E-state index < -0.39 is 11.6 Å². The van der Waals surface area contributed by atoms with Gasteiger partial charge < -0.3 is 0 Å². The van der Waals surface area contributed by atoms with E-state index in [0.717, 1.165) is 12.5 Å². The second-order valence-electron chi connectivity index (χ2n) is 3.58. The smallest absolute Gasteiger partial charge is 0.140 e. The first-order valence-electron chi connectivity index (χ1n) is 5.66. The highest BCUT2D eigenvalue weighted by Gasteiger charge is 2.28. The second-order valence-corrected chi connectivity index (χ2v) is 3.58. The van der Waals surface area contributed by atoms with Gasteiger partial charge >= 0.3 is 0 Å². The molecule has 1 aromatic carbocycles. The third-order valence-corrected chi connectivity index (χ3v) is 2.64. The monoisotopic (exact) mass is 226 g/mol. The van der Waals surface area contributed by atoms with Gasteiger partial charge in [0.25, 0.3) is 0 Å². The predicted molar refractivity (Wildman–Crippen MR) is 59.3 cm³/mol. The summed E-state index contributed by atoms with van der Waals surface area (Å²) in [5.41, 5.74) is 0.342. The summed E-state index contributed by atoms with van der Waals surface area (Å²) in [5, 5.41) is 0. The summed E-state index contributed by atoms with van der Waals surface area (Å²) in [5.74, 6) is -1.49. The summed E-state index contributed by atoms with van der Waals surface area (Å²) >= 11 is 0. The molecule has 0 heterocycles. The minimum atomic E-state index is -0.606. The van der Waals surface area contributed by atoms with Crippen LogP contribution >= 0.6 is 0 Å². The lowest BCUT2D eigenvalue weighted by molar-refractivity contribution is -0.118. The van der Waals surface area contributed by atoms with Crippen LogP contribution in [0.3, 0.4) is 0 Å². The van der Waals surface area contributed by atoms with Gasteiger partial charge in [0.1, 0.15) is 17.4 Å². The maximum Gasteiger partial charge on any atom is 0.140 e. The molecule has 1 aliphatic carbocycles. The molecule has 1 atom stereocenters. The van der Waals surface area contributed by atoms with Crippen molar-refractivity contribution in [3.63, 3.8) is 0 Å². The maximum absolute atomic E-state index is 13.3. The van der Waals surface area contributed by atoms with E-state index in [0.29, 0.717) is 18.4 Å². The molecule has 1 aliphatic rings. The number of hydrogen-bond acceptors (Lipinski definition) is 1. The van der Waals surface area contributed by atoms with Gasteiger partial charge in [-0.2, -0.15) is 0 Å². The normalized spacial score (nSPS) is 19.2. The zero-order chi connectivity index (χ0) is 12.1. The van der Waals surface area contributed by atoms with Crippen LogP contribution in [0.1, 0.15) is 44.6 Å². The molecule has 0 spiro atoms. The average Bonchev–Trinajstić information content (AvgIpc) is 2.68. The summed E-state index contributed by atoms with van der Waals surface area (Å²) in [6.45, 7) is 4.00. The Morgan fingerprint density at radius 2 is 1.94 bits per heavy atom. The van der Waals surface area contributed by atoms with E-state index >= 15 is 0 Å². The van der Waals surface area contributed by atoms with E-state index in [4.69, 9.17) is 0 Å². The number of benzene rings is 1. The molecule has 16 heavy (non-hydrogen) atoms. The SMILES string of the molecule is CC.O=C1CCCC1c1ccc(F)cc1F. The molecule has 0 amide bonds. The highest BCUT2D eigenvalue weighted by atomic mass is 19.1. The molecule has 88 valence electrons. The van der Waals surface area contributed by atoms with Crippen LogP contribution in [0, 0.1) is 11.6 Å². The predicted octanol–water partition coefficient (Wildman–Crippen LogP) is 3.83. The maximum atomic E-state index is 13.3. The zero-order valence-corrected chi connectivity index (χ0v) is 9.59. The molecule has 0 bridgehead atoms. The minimum absolute atomic E-state index is 0.0653. The fourth-order valence-corrected chi connectivity index (χ4v) is 1.93. The molecular formula is C13H16F2O. The Hall–Kier alpha value is -1.25. The van der Waals surface area contributed by atoms with Crippen molar-refractivity contribution in [3.05, 3.63) is 35.4 Å². The highest BCUT2D eigenvalue weighted by Crippen LogP contribution is 2.32. The average molecular weight is 226 g/mol. The van der Waals surface area contributed by atoms with E-state index in [9.17, 15) is 13.6 Å². The number of ketones is 1. The minimum Gasteiger partial charge on any atom is -0.299 e. The molecule has 0 aliphatic heterocycles. The van der Waals surface area contributed by atoms with Crippen molar-refractivity contribution in [2.45, 2.75) is 39.0 Å². The fraction of sp³-hybridized carbons (Fsp3) is 0.462. The molecule has 1 saturated carbocycles. The van der Waals surface area contributed by atoms with Crippen LogP contribution in [0.2, 0.25) is 0 Å². The van der Waals surface area contributed by atoms with Crippen molar-refractivity contribution in [1.29, 1.82) is 0 Å². The van der Waals surface area contributed by atoms with Crippen molar-refractivity contribution in [1.82, 2.24) is 0 Å². The van der Waals surface area contributed by atoms with Gasteiger partial charge in [0.15, 0.2) is 0 Å². The Morgan fingerprint density at radius 3 is 2.44 bits per heavy atom. The summed E-state index contributed by atoms with van der Waals surface area (Å²) in [4.78, 5) is 11.4. The number of halogens is 2. The summed E-state index contributed by atoms with van der Waals surface area (Å²) < 4.78 is 25.9. The van der Waals surface area contributed by atoms with Gasteiger partial charge in [0.05, 0.1) is 0 Å². The summed E-state index contributed by atoms with van der Waals surface area (Å²) in [6.07, 6.45) is 2.00. The number of rotatable bonds is 1. The Kier molecular flexibility index (Phi) is 4.59. The number of Topliss-reactive ketones (excluding diaryl/α,β-unsaturated/α-hetero) is 1. The van der Waals surface area contributed by atoms with Gasteiger partial charge in [-0.05, 0) is 24.5 Å². The number of carbonyl (C=O) groups is 1. The Bertz CT molecular complexity index is 374. The van der Waals surface area contributed by atoms with E-state index in [1.54, 1.807) is 0 Å². The Morgan fingerprint density at radius 1 is 1.25 bits per heavy atom. The van der Waals surface area contributed by atoms with E-state index in [1.165, 1.54) is 12.1 Å². The van der Waals surface area contributed by atoms with Crippen LogP contribution in [0.15, 0.2) is 18.2 Å². The first kappa shape index (κ1) is 12.8. The fourth-order valence-electron chi connectivity index (χ4n) is 1.93. The first-order valence-corrected chi connectivity index (χ1v) is 5.66. The zero-order valence-electron chi connectivity index (χ0n) is 9.59. The standard InChI is InChI=1S/C11H10F2O.C2H6/c12-7-4-5-8(10(13)6-7)9-2-1-3-11(9)14;1-2/h4-6,9H,1-3H2;1-2H3. The highest BCUT2D eigenvalue weighted by molar-refractivity contribution is 5.87. The van der Waals surface area contributed by atoms with Crippen LogP contribution in [0.25, 0.3) is 0 Å². The van der Waals surface area contributed by atoms with Gasteiger partial charge in [0.2, 0.25) is 0 Å². The van der Waals surface area contributed by atoms with Crippen molar-refractivity contribution >= 4 is 5.78 Å². The van der Waals surface area contributed by atoms with E-state index in [1.807, 2.05) is 13.8 Å². The first-order chi connectivity index (χ1) is 7.68. The molecule has 1 aromatic rings. The van der Waals surface area contributed by atoms with Gasteiger partial charge in [-0.25, -0.2) is 8.78 Å². The van der Waals surface area contributed by atoms with Gasteiger partial charge in [-0.15, -0.1) is 0 Å². The molecule has 2 rings (SSSR count). The van der Waals surface area contributed by atoms with Crippen LogP contribution in [-0.4, -0.2) is 5.78 Å². The summed E-state index contributed by atoms with van der Waals surface area (Å²) in [7, 11) is 0. The Labute approximate surface area is 94.5 Å².